The Morgan fingerprint density at radius 2 is 2.20 bits per heavy atom. The van der Waals surface area contributed by atoms with Crippen LogP contribution >= 0.6 is 22.6 Å². The maximum absolute atomic E-state index is 9.04. The molecule has 0 aliphatic carbocycles. The number of benzene rings is 1. The third kappa shape index (κ3) is 1.73. The summed E-state index contributed by atoms with van der Waals surface area (Å²) in [6, 6.07) is 6.70. The van der Waals surface area contributed by atoms with Gasteiger partial charge in [0.1, 0.15) is 5.75 Å². The Hall–Kier alpha value is -0.0331. The summed E-state index contributed by atoms with van der Waals surface area (Å²) in [4.78, 5) is 0. The molecule has 0 unspecified atom stereocenters. The quantitative estimate of drug-likeness (QED) is 0.589. The van der Waals surface area contributed by atoms with Crippen molar-refractivity contribution in [1.82, 2.24) is 0 Å². The number of hydrogen-bond acceptors (Lipinski definition) is 1. The lowest BCUT2D eigenvalue weighted by Gasteiger charge is -1.99. The van der Waals surface area contributed by atoms with Crippen molar-refractivity contribution in [2.75, 3.05) is 0 Å². The molecule has 1 nitrogen and oxygen atoms in total. The minimum atomic E-state index is 0.364. The number of rotatable bonds is 1. The molecular formula is C7H9IOSi. The van der Waals surface area contributed by atoms with Crippen molar-refractivity contribution in [3.63, 3.8) is 0 Å². The summed E-state index contributed by atoms with van der Waals surface area (Å²) in [5.41, 5.74) is 1.35. The maximum Gasteiger partial charge on any atom is 0.116 e. The molecule has 0 saturated carbocycles. The van der Waals surface area contributed by atoms with Gasteiger partial charge in [0.05, 0.1) is 0 Å². The van der Waals surface area contributed by atoms with Gasteiger partial charge in [0, 0.05) is 13.8 Å². The van der Waals surface area contributed by atoms with Crippen LogP contribution in [0, 0.1) is 3.57 Å². The molecule has 0 aromatic heterocycles. The van der Waals surface area contributed by atoms with Crippen LogP contribution in [0.5, 0.6) is 5.75 Å². The highest BCUT2D eigenvalue weighted by Crippen LogP contribution is 2.17. The standard InChI is InChI=1S/C7H9IOSi/c8-7-3-6(9)2-1-5(7)4-10/h1-3,9H,4H2,10H3. The molecule has 0 aliphatic rings. The lowest BCUT2D eigenvalue weighted by molar-refractivity contribution is 0.474. The molecule has 0 spiro atoms. The number of phenols is 1. The maximum atomic E-state index is 9.04. The molecule has 0 heterocycles. The first-order chi connectivity index (χ1) is 4.74. The van der Waals surface area contributed by atoms with Crippen molar-refractivity contribution in [2.45, 2.75) is 6.04 Å². The van der Waals surface area contributed by atoms with Crippen molar-refractivity contribution in [3.8, 4) is 5.75 Å². The summed E-state index contributed by atoms with van der Waals surface area (Å²) in [5.74, 6) is 0.364. The van der Waals surface area contributed by atoms with Gasteiger partial charge in [-0.15, -0.1) is 0 Å². The van der Waals surface area contributed by atoms with Gasteiger partial charge in [0.2, 0.25) is 0 Å². The predicted molar refractivity (Wildman–Crippen MR) is 54.5 cm³/mol. The average Bonchev–Trinajstić information content (AvgIpc) is 1.88. The van der Waals surface area contributed by atoms with E-state index in [0.29, 0.717) is 5.75 Å². The van der Waals surface area contributed by atoms with Gasteiger partial charge in [-0.05, 0) is 46.3 Å². The summed E-state index contributed by atoms with van der Waals surface area (Å²) >= 11 is 2.25. The van der Waals surface area contributed by atoms with Gasteiger partial charge in [-0.1, -0.05) is 6.07 Å². The summed E-state index contributed by atoms with van der Waals surface area (Å²) in [5, 5.41) is 9.04. The van der Waals surface area contributed by atoms with E-state index >= 15 is 0 Å². The molecule has 1 rings (SSSR count). The van der Waals surface area contributed by atoms with Crippen LogP contribution in [0.2, 0.25) is 0 Å². The minimum Gasteiger partial charge on any atom is -0.508 e. The zero-order valence-electron chi connectivity index (χ0n) is 5.76. The fraction of sp³-hybridized carbons (Fsp3) is 0.143. The Kier molecular flexibility index (Phi) is 2.73. The van der Waals surface area contributed by atoms with Crippen molar-refractivity contribution < 1.29 is 5.11 Å². The van der Waals surface area contributed by atoms with Crippen LogP contribution in [0.3, 0.4) is 0 Å². The molecule has 54 valence electrons. The van der Waals surface area contributed by atoms with Crippen molar-refractivity contribution >= 4 is 32.8 Å². The van der Waals surface area contributed by atoms with Crippen LogP contribution in [0.1, 0.15) is 5.56 Å². The van der Waals surface area contributed by atoms with Gasteiger partial charge in [-0.25, -0.2) is 0 Å². The third-order valence-electron chi connectivity index (χ3n) is 1.42. The molecule has 0 amide bonds. The molecule has 10 heavy (non-hydrogen) atoms. The molecule has 0 fully saturated rings. The Labute approximate surface area is 77.0 Å². The molecular weight excluding hydrogens is 255 g/mol. The van der Waals surface area contributed by atoms with E-state index in [1.165, 1.54) is 25.4 Å². The molecule has 0 aliphatic heterocycles. The van der Waals surface area contributed by atoms with Crippen LogP contribution in [-0.2, 0) is 6.04 Å². The van der Waals surface area contributed by atoms with Gasteiger partial charge < -0.3 is 5.11 Å². The molecule has 1 aromatic carbocycles. The van der Waals surface area contributed by atoms with Crippen LogP contribution in [-0.4, -0.2) is 15.3 Å². The number of phenolic OH excluding ortho intramolecular Hbond substituents is 1. The minimum absolute atomic E-state index is 0.364. The molecule has 0 atom stereocenters. The first kappa shape index (κ1) is 8.07. The second kappa shape index (κ2) is 3.38. The molecule has 0 saturated heterocycles. The van der Waals surface area contributed by atoms with E-state index in [1.807, 2.05) is 6.07 Å². The van der Waals surface area contributed by atoms with E-state index in [4.69, 9.17) is 5.11 Å². The number of aromatic hydroxyl groups is 1. The van der Waals surface area contributed by atoms with E-state index in [0.717, 1.165) is 0 Å². The highest BCUT2D eigenvalue weighted by Gasteiger charge is 1.96. The highest BCUT2D eigenvalue weighted by molar-refractivity contribution is 14.1. The highest BCUT2D eigenvalue weighted by atomic mass is 127. The van der Waals surface area contributed by atoms with Crippen molar-refractivity contribution in [1.29, 1.82) is 0 Å². The lowest BCUT2D eigenvalue weighted by Crippen LogP contribution is -1.86. The van der Waals surface area contributed by atoms with E-state index < -0.39 is 0 Å². The van der Waals surface area contributed by atoms with Gasteiger partial charge in [-0.2, -0.15) is 0 Å². The first-order valence-electron chi connectivity index (χ1n) is 3.21. The SMILES string of the molecule is Oc1ccc(C[SiH3])c(I)c1. The Morgan fingerprint density at radius 1 is 1.50 bits per heavy atom. The van der Waals surface area contributed by atoms with E-state index in [2.05, 4.69) is 22.6 Å². The summed E-state index contributed by atoms with van der Waals surface area (Å²) in [6.07, 6.45) is 0. The van der Waals surface area contributed by atoms with Crippen LogP contribution < -0.4 is 0 Å². The Morgan fingerprint density at radius 3 is 2.70 bits per heavy atom. The van der Waals surface area contributed by atoms with Gasteiger partial charge in [-0.3, -0.25) is 0 Å². The van der Waals surface area contributed by atoms with E-state index in [-0.39, 0.29) is 0 Å². The predicted octanol–water partition coefficient (Wildman–Crippen LogP) is 0.862. The Bertz CT molecular complexity index is 237. The van der Waals surface area contributed by atoms with E-state index in [1.54, 1.807) is 12.1 Å². The number of hydrogen-bond donors (Lipinski definition) is 1. The van der Waals surface area contributed by atoms with Crippen molar-refractivity contribution in [3.05, 3.63) is 27.3 Å². The molecule has 3 heteroatoms. The van der Waals surface area contributed by atoms with Gasteiger partial charge >= 0.3 is 0 Å². The summed E-state index contributed by atoms with van der Waals surface area (Å²) in [7, 11) is 1.19. The molecule has 1 N–H and O–H groups in total. The number of halogens is 1. The average molecular weight is 264 g/mol. The second-order valence-corrected chi connectivity index (χ2v) is 4.00. The normalized spacial score (nSPS) is 10.1. The van der Waals surface area contributed by atoms with Crippen molar-refractivity contribution in [2.24, 2.45) is 0 Å². The molecule has 0 radical (unpaired) electrons. The monoisotopic (exact) mass is 264 g/mol. The first-order valence-corrected chi connectivity index (χ1v) is 5.70. The third-order valence-corrected chi connectivity index (χ3v) is 3.18. The summed E-state index contributed by atoms with van der Waals surface area (Å²) in [6.45, 7) is 0. The molecule has 1 aromatic rings. The second-order valence-electron chi connectivity index (χ2n) is 2.13. The smallest absolute Gasteiger partial charge is 0.116 e. The summed E-state index contributed by atoms with van der Waals surface area (Å²) < 4.78 is 1.17. The van der Waals surface area contributed by atoms with Crippen LogP contribution in [0.15, 0.2) is 18.2 Å². The van der Waals surface area contributed by atoms with Crippen LogP contribution in [0.4, 0.5) is 0 Å². The zero-order valence-corrected chi connectivity index (χ0v) is 9.92. The molecule has 0 bridgehead atoms. The zero-order chi connectivity index (χ0) is 7.56. The van der Waals surface area contributed by atoms with Crippen LogP contribution in [0.25, 0.3) is 0 Å². The van der Waals surface area contributed by atoms with Gasteiger partial charge in [0.25, 0.3) is 0 Å². The fourth-order valence-corrected chi connectivity index (χ4v) is 3.04. The lowest BCUT2D eigenvalue weighted by atomic mass is 10.2. The fourth-order valence-electron chi connectivity index (χ4n) is 0.823. The Balaban J connectivity index is 3.07. The van der Waals surface area contributed by atoms with E-state index in [9.17, 15) is 0 Å². The largest absolute Gasteiger partial charge is 0.508 e. The van der Waals surface area contributed by atoms with Gasteiger partial charge in [0.15, 0.2) is 0 Å². The topological polar surface area (TPSA) is 20.2 Å².